The van der Waals surface area contributed by atoms with Crippen LogP contribution in [0, 0.1) is 6.92 Å². The molecule has 0 aliphatic heterocycles. The zero-order valence-corrected chi connectivity index (χ0v) is 13.0. The Balaban J connectivity index is 1.71. The molecule has 0 fully saturated rings. The molecule has 2 aromatic carbocycles. The largest absolute Gasteiger partial charge is 0.484 e. The molecule has 0 unspecified atom stereocenters. The first kappa shape index (κ1) is 13.8. The van der Waals surface area contributed by atoms with Crippen molar-refractivity contribution in [3.05, 3.63) is 64.5 Å². The molecule has 3 aromatic rings. The van der Waals surface area contributed by atoms with Crippen LogP contribution in [0.3, 0.4) is 0 Å². The van der Waals surface area contributed by atoms with E-state index in [1.165, 1.54) is 5.56 Å². The first-order valence-electron chi connectivity index (χ1n) is 6.49. The third-order valence-electron chi connectivity index (χ3n) is 2.95. The van der Waals surface area contributed by atoms with Gasteiger partial charge in [-0.15, -0.1) is 10.2 Å². The lowest BCUT2D eigenvalue weighted by molar-refractivity contribution is 0.264. The summed E-state index contributed by atoms with van der Waals surface area (Å²) >= 11 is 3.47. The van der Waals surface area contributed by atoms with Gasteiger partial charge in [0, 0.05) is 4.47 Å². The molecule has 3 rings (SSSR count). The van der Waals surface area contributed by atoms with Crippen LogP contribution >= 0.6 is 15.9 Å². The molecule has 0 amide bonds. The van der Waals surface area contributed by atoms with Gasteiger partial charge in [-0.3, -0.25) is 0 Å². The summed E-state index contributed by atoms with van der Waals surface area (Å²) in [5.41, 5.74) is 2.06. The summed E-state index contributed by atoms with van der Waals surface area (Å²) in [6.45, 7) is 2.28. The van der Waals surface area contributed by atoms with Gasteiger partial charge in [-0.05, 0) is 47.1 Å². The quantitative estimate of drug-likeness (QED) is 0.704. The number of hydrogen-bond donors (Lipinski definition) is 0. The Hall–Kier alpha value is -2.14. The summed E-state index contributed by atoms with van der Waals surface area (Å²) in [7, 11) is 0. The minimum atomic E-state index is 0.251. The molecule has 0 saturated heterocycles. The van der Waals surface area contributed by atoms with Crippen molar-refractivity contribution >= 4 is 15.9 Å². The van der Waals surface area contributed by atoms with E-state index in [4.69, 9.17) is 9.15 Å². The predicted molar refractivity (Wildman–Crippen MR) is 82.9 cm³/mol. The van der Waals surface area contributed by atoms with Crippen LogP contribution in [-0.2, 0) is 6.61 Å². The number of ether oxygens (including phenoxy) is 1. The first-order valence-corrected chi connectivity index (χ1v) is 7.28. The Morgan fingerprint density at radius 1 is 1.05 bits per heavy atom. The zero-order valence-electron chi connectivity index (χ0n) is 11.4. The minimum Gasteiger partial charge on any atom is -0.484 e. The SMILES string of the molecule is Cc1ccc(OCc2nnc(-c3ccccc3Br)o2)cc1. The van der Waals surface area contributed by atoms with Crippen molar-refractivity contribution in [3.8, 4) is 17.2 Å². The molecule has 4 nitrogen and oxygen atoms in total. The third kappa shape index (κ3) is 3.31. The van der Waals surface area contributed by atoms with E-state index < -0.39 is 0 Å². The van der Waals surface area contributed by atoms with Gasteiger partial charge in [-0.1, -0.05) is 29.8 Å². The smallest absolute Gasteiger partial charge is 0.254 e. The van der Waals surface area contributed by atoms with E-state index in [-0.39, 0.29) is 6.61 Å². The Kier molecular flexibility index (Phi) is 4.01. The van der Waals surface area contributed by atoms with Crippen molar-refractivity contribution in [3.63, 3.8) is 0 Å². The minimum absolute atomic E-state index is 0.251. The monoisotopic (exact) mass is 344 g/mol. The molecule has 0 atom stereocenters. The van der Waals surface area contributed by atoms with Gasteiger partial charge in [-0.2, -0.15) is 0 Å². The molecule has 21 heavy (non-hydrogen) atoms. The van der Waals surface area contributed by atoms with Gasteiger partial charge in [0.05, 0.1) is 5.56 Å². The number of nitrogens with zero attached hydrogens (tertiary/aromatic N) is 2. The van der Waals surface area contributed by atoms with Crippen LogP contribution in [0.2, 0.25) is 0 Å². The highest BCUT2D eigenvalue weighted by Crippen LogP contribution is 2.26. The highest BCUT2D eigenvalue weighted by molar-refractivity contribution is 9.10. The molecule has 0 saturated carbocycles. The van der Waals surface area contributed by atoms with Gasteiger partial charge < -0.3 is 9.15 Å². The molecule has 0 bridgehead atoms. The highest BCUT2D eigenvalue weighted by atomic mass is 79.9. The van der Waals surface area contributed by atoms with E-state index in [1.54, 1.807) is 0 Å². The van der Waals surface area contributed by atoms with E-state index in [2.05, 4.69) is 26.1 Å². The lowest BCUT2D eigenvalue weighted by Gasteiger charge is -2.03. The van der Waals surface area contributed by atoms with Gasteiger partial charge >= 0.3 is 0 Å². The second-order valence-electron chi connectivity index (χ2n) is 4.58. The summed E-state index contributed by atoms with van der Waals surface area (Å²) in [4.78, 5) is 0. The number of hydrogen-bond acceptors (Lipinski definition) is 4. The fourth-order valence-corrected chi connectivity index (χ4v) is 2.29. The molecule has 106 valence electrons. The van der Waals surface area contributed by atoms with Crippen molar-refractivity contribution in [1.82, 2.24) is 10.2 Å². The average molecular weight is 345 g/mol. The van der Waals surface area contributed by atoms with Crippen LogP contribution in [0.4, 0.5) is 0 Å². The fourth-order valence-electron chi connectivity index (χ4n) is 1.83. The maximum Gasteiger partial charge on any atom is 0.254 e. The van der Waals surface area contributed by atoms with Crippen molar-refractivity contribution in [2.75, 3.05) is 0 Å². The lowest BCUT2D eigenvalue weighted by atomic mass is 10.2. The van der Waals surface area contributed by atoms with E-state index >= 15 is 0 Å². The summed E-state index contributed by atoms with van der Waals surface area (Å²) in [5.74, 6) is 1.70. The maximum atomic E-state index is 5.62. The van der Waals surface area contributed by atoms with Crippen LogP contribution in [0.1, 0.15) is 11.5 Å². The van der Waals surface area contributed by atoms with Crippen LogP contribution in [0.25, 0.3) is 11.5 Å². The van der Waals surface area contributed by atoms with Gasteiger partial charge in [0.15, 0.2) is 6.61 Å². The highest BCUT2D eigenvalue weighted by Gasteiger charge is 2.11. The Morgan fingerprint density at radius 3 is 2.57 bits per heavy atom. The summed E-state index contributed by atoms with van der Waals surface area (Å²) in [6.07, 6.45) is 0. The van der Waals surface area contributed by atoms with E-state index in [0.717, 1.165) is 15.8 Å². The zero-order chi connectivity index (χ0) is 14.7. The van der Waals surface area contributed by atoms with Crippen molar-refractivity contribution in [1.29, 1.82) is 0 Å². The van der Waals surface area contributed by atoms with E-state index in [9.17, 15) is 0 Å². The number of halogens is 1. The summed E-state index contributed by atoms with van der Waals surface area (Å²) in [5, 5.41) is 8.05. The summed E-state index contributed by atoms with van der Waals surface area (Å²) < 4.78 is 12.2. The van der Waals surface area contributed by atoms with Crippen LogP contribution in [0.15, 0.2) is 57.4 Å². The third-order valence-corrected chi connectivity index (χ3v) is 3.65. The Morgan fingerprint density at radius 2 is 1.81 bits per heavy atom. The van der Waals surface area contributed by atoms with Crippen molar-refractivity contribution in [2.45, 2.75) is 13.5 Å². The number of rotatable bonds is 4. The molecule has 0 aliphatic rings. The molecular formula is C16H13BrN2O2. The summed E-state index contributed by atoms with van der Waals surface area (Å²) in [6, 6.07) is 15.5. The molecule has 0 radical (unpaired) electrons. The van der Waals surface area contributed by atoms with Gasteiger partial charge in [-0.25, -0.2) is 0 Å². The molecule has 0 N–H and O–H groups in total. The second-order valence-corrected chi connectivity index (χ2v) is 5.44. The van der Waals surface area contributed by atoms with Gasteiger partial charge in [0.25, 0.3) is 5.89 Å². The Labute approximate surface area is 130 Å². The van der Waals surface area contributed by atoms with Gasteiger partial charge in [0.2, 0.25) is 5.89 Å². The maximum absolute atomic E-state index is 5.62. The van der Waals surface area contributed by atoms with Crippen molar-refractivity contribution in [2.24, 2.45) is 0 Å². The molecule has 1 aromatic heterocycles. The number of aromatic nitrogens is 2. The Bertz CT molecular complexity index is 738. The number of aryl methyl sites for hydroxylation is 1. The molecule has 5 heteroatoms. The van der Waals surface area contributed by atoms with E-state index in [0.29, 0.717) is 11.8 Å². The molecule has 1 heterocycles. The van der Waals surface area contributed by atoms with Crippen LogP contribution < -0.4 is 4.74 Å². The molecule has 0 spiro atoms. The fraction of sp³-hybridized carbons (Fsp3) is 0.125. The standard InChI is InChI=1S/C16H13BrN2O2/c1-11-6-8-12(9-7-11)20-10-15-18-19-16(21-15)13-4-2-3-5-14(13)17/h2-9H,10H2,1H3. The van der Waals surface area contributed by atoms with Crippen LogP contribution in [0.5, 0.6) is 5.75 Å². The topological polar surface area (TPSA) is 48.2 Å². The second kappa shape index (κ2) is 6.10. The predicted octanol–water partition coefficient (Wildman–Crippen LogP) is 4.39. The van der Waals surface area contributed by atoms with E-state index in [1.807, 2.05) is 55.5 Å². The lowest BCUT2D eigenvalue weighted by Crippen LogP contribution is -1.95. The van der Waals surface area contributed by atoms with Crippen molar-refractivity contribution < 1.29 is 9.15 Å². The average Bonchev–Trinajstić information content (AvgIpc) is 2.96. The normalized spacial score (nSPS) is 10.6. The van der Waals surface area contributed by atoms with Gasteiger partial charge in [0.1, 0.15) is 5.75 Å². The first-order chi connectivity index (χ1) is 10.2. The molecular weight excluding hydrogens is 332 g/mol. The van der Waals surface area contributed by atoms with Crippen LogP contribution in [-0.4, -0.2) is 10.2 Å². The number of benzene rings is 2. The molecule has 0 aliphatic carbocycles.